The maximum atomic E-state index is 5.25. The van der Waals surface area contributed by atoms with Crippen molar-refractivity contribution in [1.82, 2.24) is 0 Å². The van der Waals surface area contributed by atoms with Gasteiger partial charge in [0.1, 0.15) is 14.6 Å². The molecule has 2 atom stereocenters. The first-order chi connectivity index (χ1) is 8.93. The molecule has 0 aromatic rings. The van der Waals surface area contributed by atoms with Gasteiger partial charge in [-0.25, -0.2) is 0 Å². The zero-order chi connectivity index (χ0) is 12.2. The molecule has 6 radical (unpaired) electrons. The summed E-state index contributed by atoms with van der Waals surface area (Å²) in [6.07, 6.45) is 1.67. The molecule has 3 fully saturated rings. The normalized spacial score (nSPS) is 32.0. The number of hydrogen-bond donors (Lipinski definition) is 0. The summed E-state index contributed by atoms with van der Waals surface area (Å²) in [5.41, 5.74) is 0.399. The lowest BCUT2D eigenvalue weighted by atomic mass is 9.26. The molecule has 2 unspecified atom stereocenters. The quantitative estimate of drug-likeness (QED) is 0.524. The van der Waals surface area contributed by atoms with E-state index in [1.54, 1.807) is 0 Å². The van der Waals surface area contributed by atoms with Crippen molar-refractivity contribution in [2.45, 2.75) is 24.1 Å². The van der Waals surface area contributed by atoms with Crippen LogP contribution in [0.5, 0.6) is 0 Å². The average Bonchev–Trinajstić information content (AvgIpc) is 2.49. The van der Waals surface area contributed by atoms with E-state index in [1.807, 2.05) is 0 Å². The van der Waals surface area contributed by atoms with Crippen LogP contribution in [0, 0.1) is 0 Å². The molecule has 3 aliphatic rings. The monoisotopic (exact) mass is 238 g/mol. The van der Waals surface area contributed by atoms with Gasteiger partial charge in [0.05, 0.1) is 0 Å². The van der Waals surface area contributed by atoms with Crippen LogP contribution in [0.2, 0.25) is 24.1 Å². The van der Waals surface area contributed by atoms with E-state index < -0.39 is 0 Å². The van der Waals surface area contributed by atoms with Gasteiger partial charge >= 0.3 is 45.0 Å². The van der Waals surface area contributed by atoms with Crippen LogP contribution in [-0.4, -0.2) is 59.5 Å². The predicted octanol–water partition coefficient (Wildman–Crippen LogP) is -1.86. The number of hydrogen-bond acceptors (Lipinski definition) is 6. The molecule has 6 nitrogen and oxygen atoms in total. The summed E-state index contributed by atoms with van der Waals surface area (Å²) in [5, 5.41) is 0. The lowest BCUT2D eigenvalue weighted by Crippen LogP contribution is -2.46. The maximum Gasteiger partial charge on any atom is 0.458 e. The van der Waals surface area contributed by atoms with Gasteiger partial charge < -0.3 is 27.4 Å². The predicted molar refractivity (Wildman–Crippen MR) is 69.7 cm³/mol. The molecule has 0 N–H and O–H groups in total. The molecule has 82 valence electrons. The Morgan fingerprint density at radius 1 is 0.667 bits per heavy atom. The summed E-state index contributed by atoms with van der Waals surface area (Å²) in [6, 6.07) is 0. The molecule has 14 heteroatoms. The van der Waals surface area contributed by atoms with Crippen molar-refractivity contribution < 1.29 is 27.4 Å². The molecule has 3 rings (SSSR count). The van der Waals surface area contributed by atoms with Gasteiger partial charge in [0.25, 0.3) is 0 Å². The molecule has 0 amide bonds. The van der Waals surface area contributed by atoms with E-state index in [0.29, 0.717) is 0 Å². The van der Waals surface area contributed by atoms with E-state index in [1.165, 1.54) is 30.7 Å². The van der Waals surface area contributed by atoms with Crippen LogP contribution >= 0.6 is 0 Å². The summed E-state index contributed by atoms with van der Waals surface area (Å²) >= 11 is 0. The molecular weight excluding hydrogens is 231 g/mol. The second-order valence-electron chi connectivity index (χ2n) is 4.21. The molecule has 0 spiro atoms. The summed E-state index contributed by atoms with van der Waals surface area (Å²) in [4.78, 5) is 0. The van der Waals surface area contributed by atoms with E-state index in [2.05, 4.69) is 14.6 Å². The maximum absolute atomic E-state index is 5.25. The Balaban J connectivity index is 1.45. The van der Waals surface area contributed by atoms with Crippen molar-refractivity contribution >= 4 is 59.5 Å². The second-order valence-corrected chi connectivity index (χ2v) is 4.21. The molecular formula is C4H6B8O6. The van der Waals surface area contributed by atoms with Crippen LogP contribution in [0.15, 0.2) is 0 Å². The summed E-state index contributed by atoms with van der Waals surface area (Å²) < 4.78 is 30.5. The molecule has 0 saturated carbocycles. The van der Waals surface area contributed by atoms with Crippen molar-refractivity contribution in [1.29, 1.82) is 0 Å². The first-order valence-corrected chi connectivity index (χ1v) is 5.79. The average molecular weight is 237 g/mol. The Bertz CT molecular complexity index is 226. The molecule has 3 heterocycles. The Kier molecular flexibility index (Phi) is 4.89. The van der Waals surface area contributed by atoms with Gasteiger partial charge in [-0.2, -0.15) is 0 Å². The molecule has 0 bridgehead atoms. The fourth-order valence-electron chi connectivity index (χ4n) is 2.16. The Morgan fingerprint density at radius 3 is 1.39 bits per heavy atom. The van der Waals surface area contributed by atoms with Crippen molar-refractivity contribution in [3.8, 4) is 0 Å². The highest BCUT2D eigenvalue weighted by molar-refractivity contribution is 6.78. The zero-order valence-corrected chi connectivity index (χ0v) is 9.64. The van der Waals surface area contributed by atoms with Crippen molar-refractivity contribution in [2.24, 2.45) is 0 Å². The van der Waals surface area contributed by atoms with Gasteiger partial charge in [-0.3, -0.25) is 0 Å². The lowest BCUT2D eigenvalue weighted by molar-refractivity contribution is 0.316. The van der Waals surface area contributed by atoms with Crippen LogP contribution in [0.4, 0.5) is 0 Å². The molecule has 3 saturated heterocycles. The van der Waals surface area contributed by atoms with Crippen LogP contribution in [-0.2, 0) is 27.4 Å². The van der Waals surface area contributed by atoms with E-state index in [-0.39, 0.29) is 25.7 Å². The van der Waals surface area contributed by atoms with Crippen molar-refractivity contribution in [2.75, 3.05) is 0 Å². The lowest BCUT2D eigenvalue weighted by Gasteiger charge is -2.34. The molecule has 18 heavy (non-hydrogen) atoms. The van der Waals surface area contributed by atoms with Gasteiger partial charge in [-0.05, 0) is 11.4 Å². The van der Waals surface area contributed by atoms with E-state index in [9.17, 15) is 0 Å². The van der Waals surface area contributed by atoms with Gasteiger partial charge in [0.15, 0.2) is 0 Å². The minimum absolute atomic E-state index is 0.199. The van der Waals surface area contributed by atoms with Gasteiger partial charge in [0.2, 0.25) is 0 Å². The smallest absolute Gasteiger partial charge is 0.457 e. The van der Waals surface area contributed by atoms with Gasteiger partial charge in [-0.1, -0.05) is 12.6 Å². The first-order valence-electron chi connectivity index (χ1n) is 5.79. The van der Waals surface area contributed by atoms with E-state index >= 15 is 0 Å². The Labute approximate surface area is 111 Å². The summed E-state index contributed by atoms with van der Waals surface area (Å²) in [6.45, 7) is 0. The van der Waals surface area contributed by atoms with Crippen LogP contribution in [0.25, 0.3) is 0 Å². The zero-order valence-electron chi connectivity index (χ0n) is 9.64. The van der Waals surface area contributed by atoms with Gasteiger partial charge in [-0.15, -0.1) is 0 Å². The highest BCUT2D eigenvalue weighted by atomic mass is 16.7. The fraction of sp³-hybridized carbons (Fsp3) is 1.00. The third-order valence-corrected chi connectivity index (χ3v) is 3.10. The third kappa shape index (κ3) is 3.23. The van der Waals surface area contributed by atoms with Crippen LogP contribution < -0.4 is 0 Å². The first kappa shape index (κ1) is 13.3. The minimum Gasteiger partial charge on any atom is -0.457 e. The van der Waals surface area contributed by atoms with E-state index in [0.717, 1.165) is 12.6 Å². The largest absolute Gasteiger partial charge is 0.458 e. The molecule has 0 aliphatic carbocycles. The topological polar surface area (TPSA) is 55.4 Å². The molecule has 0 aromatic carbocycles. The van der Waals surface area contributed by atoms with E-state index in [4.69, 9.17) is 27.4 Å². The molecule has 3 aliphatic heterocycles. The van der Waals surface area contributed by atoms with Crippen LogP contribution in [0.3, 0.4) is 0 Å². The summed E-state index contributed by atoms with van der Waals surface area (Å²) in [5.74, 6) is 0. The second kappa shape index (κ2) is 6.63. The fourth-order valence-corrected chi connectivity index (χ4v) is 2.16. The van der Waals surface area contributed by atoms with Gasteiger partial charge in [0, 0.05) is 0 Å². The Morgan fingerprint density at radius 2 is 1.06 bits per heavy atom. The standard InChI is InChI=1S/C4H6B8O6/c1-3(11-15-7-13-8-16-11)6-2-4(5-1)12-17-9-14-10-18-12/h3-4H,1-2H2. The molecule has 0 aromatic heterocycles. The highest BCUT2D eigenvalue weighted by Gasteiger charge is 2.41. The number of rotatable bonds is 2. The minimum atomic E-state index is -0.314. The van der Waals surface area contributed by atoms with Crippen molar-refractivity contribution in [3.63, 3.8) is 0 Å². The third-order valence-electron chi connectivity index (χ3n) is 3.10. The SMILES string of the molecule is [B]1O[B]OB(C2[B]CC(B3O[B]O[B]O3)[B]C2)O1. The summed E-state index contributed by atoms with van der Waals surface area (Å²) in [7, 11) is 8.81. The van der Waals surface area contributed by atoms with Crippen LogP contribution in [0.1, 0.15) is 0 Å². The Hall–Kier alpha value is 0.279. The van der Waals surface area contributed by atoms with Crippen molar-refractivity contribution in [3.05, 3.63) is 0 Å². The highest BCUT2D eigenvalue weighted by Crippen LogP contribution is 2.32.